The zero-order valence-electron chi connectivity index (χ0n) is 12.3. The summed E-state index contributed by atoms with van der Waals surface area (Å²) < 4.78 is 11.4. The first-order valence-electron chi connectivity index (χ1n) is 7.24. The van der Waals surface area contributed by atoms with Crippen LogP contribution in [0.25, 0.3) is 0 Å². The van der Waals surface area contributed by atoms with E-state index in [1.807, 2.05) is 0 Å². The van der Waals surface area contributed by atoms with Crippen molar-refractivity contribution in [2.24, 2.45) is 5.92 Å². The smallest absolute Gasteiger partial charge is 0.147 e. The largest absolute Gasteiger partial charge is 0.392 e. The van der Waals surface area contributed by atoms with Gasteiger partial charge in [0, 0.05) is 33.4 Å². The number of hydrogen-bond donors (Lipinski definition) is 1. The van der Waals surface area contributed by atoms with Crippen LogP contribution >= 0.6 is 0 Å². The second-order valence-electron chi connectivity index (χ2n) is 7.22. The number of fused-ring (bicyclic) bond motifs is 3. The average molecular weight is 286 g/mol. The maximum absolute atomic E-state index is 11.8. The van der Waals surface area contributed by atoms with E-state index in [1.54, 1.807) is 0 Å². The van der Waals surface area contributed by atoms with Crippen molar-refractivity contribution in [3.05, 3.63) is 0 Å². The van der Waals surface area contributed by atoms with Gasteiger partial charge in [-0.1, -0.05) is 19.6 Å². The van der Waals surface area contributed by atoms with E-state index >= 15 is 0 Å². The number of aliphatic hydroxyl groups is 1. The van der Waals surface area contributed by atoms with Crippen LogP contribution in [0.1, 0.15) is 25.7 Å². The number of carbonyl (C=O) groups excluding carboxylic acids is 1. The third-order valence-corrected chi connectivity index (χ3v) is 6.02. The molecule has 3 rings (SSSR count). The van der Waals surface area contributed by atoms with Crippen LogP contribution in [0.5, 0.6) is 0 Å². The van der Waals surface area contributed by atoms with Gasteiger partial charge in [-0.25, -0.2) is 0 Å². The molecule has 3 atom stereocenters. The first kappa shape index (κ1) is 15.2. The topological polar surface area (TPSA) is 55.8 Å². The Labute approximate surface area is 116 Å². The minimum Gasteiger partial charge on any atom is -0.392 e. The summed E-state index contributed by atoms with van der Waals surface area (Å²) in [5.41, 5.74) is -0.454. The summed E-state index contributed by atoms with van der Waals surface area (Å²) in [6.07, 6.45) is 2.15. The Kier molecular flexibility index (Phi) is 4.50. The van der Waals surface area contributed by atoms with E-state index in [0.29, 0.717) is 12.8 Å². The predicted octanol–water partition coefficient (Wildman–Crippen LogP) is 2.19. The Hall–Kier alpha value is -0.233. The Morgan fingerprint density at radius 1 is 1.42 bits per heavy atom. The number of ether oxygens (including phenoxy) is 2. The van der Waals surface area contributed by atoms with Crippen LogP contribution in [0, 0.1) is 5.92 Å². The van der Waals surface area contributed by atoms with Crippen molar-refractivity contribution in [1.82, 2.24) is 0 Å². The molecular formula is C14H26O4Si. The maximum atomic E-state index is 11.8. The van der Waals surface area contributed by atoms with E-state index in [-0.39, 0.29) is 18.5 Å². The molecule has 0 aromatic heterocycles. The molecule has 0 spiro atoms. The summed E-state index contributed by atoms with van der Waals surface area (Å²) in [5.74, 6) is 0.0189. The van der Waals surface area contributed by atoms with Crippen LogP contribution in [0.3, 0.4) is 0 Å². The van der Waals surface area contributed by atoms with Gasteiger partial charge in [-0.15, -0.1) is 0 Å². The molecule has 3 unspecified atom stereocenters. The molecule has 0 heterocycles. The average Bonchev–Trinajstić information content (AvgIpc) is 2.26. The van der Waals surface area contributed by atoms with Gasteiger partial charge in [0.25, 0.3) is 0 Å². The van der Waals surface area contributed by atoms with Gasteiger partial charge in [0.05, 0.1) is 11.7 Å². The summed E-state index contributed by atoms with van der Waals surface area (Å²) in [7, 11) is -1.06. The van der Waals surface area contributed by atoms with Crippen molar-refractivity contribution in [1.29, 1.82) is 0 Å². The number of aliphatic hydroxyl groups excluding tert-OH is 1. The molecule has 0 amide bonds. The summed E-state index contributed by atoms with van der Waals surface area (Å²) in [6.45, 7) is 7.91. The molecule has 3 aliphatic rings. The number of ketones is 1. The number of Topliss-reactive ketones (excluding diaryl/α,β-unsaturated/α-hetero) is 1. The molecule has 0 aliphatic heterocycles. The molecule has 5 heteroatoms. The lowest BCUT2D eigenvalue weighted by Crippen LogP contribution is -2.54. The summed E-state index contributed by atoms with van der Waals surface area (Å²) in [5, 5.41) is 9.91. The van der Waals surface area contributed by atoms with Gasteiger partial charge >= 0.3 is 0 Å². The first-order chi connectivity index (χ1) is 8.81. The molecule has 3 saturated carbocycles. The summed E-state index contributed by atoms with van der Waals surface area (Å²) in [6, 6.07) is 1.12. The quantitative estimate of drug-likeness (QED) is 0.462. The minimum absolute atomic E-state index is 0.140. The van der Waals surface area contributed by atoms with Gasteiger partial charge in [-0.2, -0.15) is 0 Å². The van der Waals surface area contributed by atoms with Gasteiger partial charge in [0.1, 0.15) is 12.6 Å². The van der Waals surface area contributed by atoms with Crippen molar-refractivity contribution in [2.75, 3.05) is 13.4 Å². The highest BCUT2D eigenvalue weighted by molar-refractivity contribution is 6.76. The van der Waals surface area contributed by atoms with Crippen molar-refractivity contribution >= 4 is 13.9 Å². The molecule has 0 aromatic carbocycles. The lowest BCUT2D eigenvalue weighted by Gasteiger charge is -2.47. The number of rotatable bonds is 6. The van der Waals surface area contributed by atoms with Crippen LogP contribution in [-0.4, -0.2) is 44.1 Å². The van der Waals surface area contributed by atoms with E-state index in [9.17, 15) is 9.90 Å². The SMILES string of the molecule is C[Si](C)(C)CCOCOC12CCC(C(=O)C1)C(O)C2. The fourth-order valence-electron chi connectivity index (χ4n) is 3.01. The second kappa shape index (κ2) is 5.64. The van der Waals surface area contributed by atoms with E-state index in [4.69, 9.17) is 9.47 Å². The van der Waals surface area contributed by atoms with Gasteiger partial charge in [-0.3, -0.25) is 4.79 Å². The van der Waals surface area contributed by atoms with Gasteiger partial charge in [0.15, 0.2) is 0 Å². The van der Waals surface area contributed by atoms with Gasteiger partial charge in [0.2, 0.25) is 0 Å². The van der Waals surface area contributed by atoms with Gasteiger partial charge in [-0.05, 0) is 18.9 Å². The second-order valence-corrected chi connectivity index (χ2v) is 12.8. The molecule has 0 radical (unpaired) electrons. The van der Waals surface area contributed by atoms with Crippen molar-refractivity contribution in [2.45, 2.75) is 63.1 Å². The van der Waals surface area contributed by atoms with Crippen LogP contribution in [0.15, 0.2) is 0 Å². The molecule has 3 aliphatic carbocycles. The number of hydrogen-bond acceptors (Lipinski definition) is 4. The Morgan fingerprint density at radius 2 is 2.16 bits per heavy atom. The van der Waals surface area contributed by atoms with Crippen LogP contribution < -0.4 is 0 Å². The fourth-order valence-corrected chi connectivity index (χ4v) is 3.76. The Morgan fingerprint density at radius 3 is 2.74 bits per heavy atom. The monoisotopic (exact) mass is 286 g/mol. The summed E-state index contributed by atoms with van der Waals surface area (Å²) in [4.78, 5) is 11.8. The third-order valence-electron chi connectivity index (χ3n) is 4.31. The van der Waals surface area contributed by atoms with Crippen molar-refractivity contribution in [3.8, 4) is 0 Å². The molecule has 2 bridgehead atoms. The molecule has 4 nitrogen and oxygen atoms in total. The Bertz CT molecular complexity index is 339. The van der Waals surface area contributed by atoms with E-state index in [1.165, 1.54) is 0 Å². The van der Waals surface area contributed by atoms with E-state index < -0.39 is 19.8 Å². The molecular weight excluding hydrogens is 260 g/mol. The Balaban J connectivity index is 1.74. The standard InChI is InChI=1S/C14H26O4Si/c1-19(2,3)7-6-17-10-18-14-5-4-11(12(15)8-14)13(16)9-14/h11-12,15H,4-10H2,1-3H3. The summed E-state index contributed by atoms with van der Waals surface area (Å²) >= 11 is 0. The highest BCUT2D eigenvalue weighted by atomic mass is 28.3. The lowest BCUT2D eigenvalue weighted by atomic mass is 9.65. The fraction of sp³-hybridized carbons (Fsp3) is 0.929. The van der Waals surface area contributed by atoms with Crippen molar-refractivity contribution < 1.29 is 19.4 Å². The first-order valence-corrected chi connectivity index (χ1v) is 10.9. The van der Waals surface area contributed by atoms with Crippen LogP contribution in [-0.2, 0) is 14.3 Å². The predicted molar refractivity (Wildman–Crippen MR) is 75.8 cm³/mol. The third kappa shape index (κ3) is 3.87. The lowest BCUT2D eigenvalue weighted by molar-refractivity contribution is -0.198. The highest BCUT2D eigenvalue weighted by Gasteiger charge is 2.50. The molecule has 0 saturated heterocycles. The molecule has 1 N–H and O–H groups in total. The zero-order valence-corrected chi connectivity index (χ0v) is 13.3. The van der Waals surface area contributed by atoms with Crippen LogP contribution in [0.2, 0.25) is 25.7 Å². The normalized spacial score (nSPS) is 34.8. The molecule has 19 heavy (non-hydrogen) atoms. The van der Waals surface area contributed by atoms with Gasteiger partial charge < -0.3 is 14.6 Å². The molecule has 110 valence electrons. The molecule has 0 aromatic rings. The number of carbonyl (C=O) groups is 1. The van der Waals surface area contributed by atoms with Crippen molar-refractivity contribution in [3.63, 3.8) is 0 Å². The maximum Gasteiger partial charge on any atom is 0.147 e. The highest BCUT2D eigenvalue weighted by Crippen LogP contribution is 2.44. The zero-order chi connectivity index (χ0) is 14.1. The van der Waals surface area contributed by atoms with E-state index in [0.717, 1.165) is 25.5 Å². The molecule has 3 fully saturated rings. The van der Waals surface area contributed by atoms with Crippen LogP contribution in [0.4, 0.5) is 0 Å². The van der Waals surface area contributed by atoms with E-state index in [2.05, 4.69) is 19.6 Å². The minimum atomic E-state index is -1.06.